The Morgan fingerprint density at radius 3 is 2.78 bits per heavy atom. The van der Waals surface area contributed by atoms with Crippen molar-refractivity contribution in [2.45, 2.75) is 24.5 Å². The number of nitrogens with zero attached hydrogens (tertiary/aromatic N) is 2. The molecule has 0 bridgehead atoms. The smallest absolute Gasteiger partial charge is 0.240 e. The summed E-state index contributed by atoms with van der Waals surface area (Å²) in [5, 5.41) is 0. The van der Waals surface area contributed by atoms with Gasteiger partial charge in [0, 0.05) is 6.54 Å². The summed E-state index contributed by atoms with van der Waals surface area (Å²) < 4.78 is 40.7. The van der Waals surface area contributed by atoms with Gasteiger partial charge < -0.3 is 14.0 Å². The van der Waals surface area contributed by atoms with Gasteiger partial charge >= 0.3 is 0 Å². The zero-order chi connectivity index (χ0) is 19.0. The molecule has 27 heavy (non-hydrogen) atoms. The first-order chi connectivity index (χ1) is 13.0. The third-order valence-electron chi connectivity index (χ3n) is 4.70. The highest BCUT2D eigenvalue weighted by Crippen LogP contribution is 2.26. The van der Waals surface area contributed by atoms with Gasteiger partial charge in [0.25, 0.3) is 0 Å². The number of hydrogen-bond donors (Lipinski definition) is 1. The summed E-state index contributed by atoms with van der Waals surface area (Å²) in [6, 6.07) is 12.2. The zero-order valence-electron chi connectivity index (χ0n) is 15.2. The summed E-state index contributed by atoms with van der Waals surface area (Å²) in [5.41, 5.74) is 3.03. The van der Waals surface area contributed by atoms with E-state index >= 15 is 0 Å². The van der Waals surface area contributed by atoms with Crippen LogP contribution in [0.1, 0.15) is 17.4 Å². The molecule has 142 valence electrons. The lowest BCUT2D eigenvalue weighted by Crippen LogP contribution is -2.35. The summed E-state index contributed by atoms with van der Waals surface area (Å²) in [7, 11) is -2.08. The predicted molar refractivity (Wildman–Crippen MR) is 101 cm³/mol. The fraction of sp³-hybridized carbons (Fsp3) is 0.316. The van der Waals surface area contributed by atoms with Gasteiger partial charge in [0.15, 0.2) is 0 Å². The molecule has 1 aliphatic rings. The number of hydrogen-bond acceptors (Lipinski definition) is 5. The molecule has 4 rings (SSSR count). The maximum absolute atomic E-state index is 12.6. The highest BCUT2D eigenvalue weighted by atomic mass is 32.2. The van der Waals surface area contributed by atoms with Crippen molar-refractivity contribution < 1.29 is 17.9 Å². The second-order valence-corrected chi connectivity index (χ2v) is 8.35. The number of sulfonamides is 1. The fourth-order valence-corrected chi connectivity index (χ4v) is 4.40. The van der Waals surface area contributed by atoms with E-state index in [0.29, 0.717) is 19.0 Å². The monoisotopic (exact) mass is 387 g/mol. The Bertz CT molecular complexity index is 1070. The van der Waals surface area contributed by atoms with Crippen LogP contribution in [0.5, 0.6) is 5.75 Å². The van der Waals surface area contributed by atoms with E-state index in [1.807, 2.05) is 25.1 Å². The zero-order valence-corrected chi connectivity index (χ0v) is 16.0. The topological polar surface area (TPSA) is 82.5 Å². The number of aryl methyl sites for hydroxylation is 1. The molecule has 1 aliphatic heterocycles. The molecule has 0 aliphatic carbocycles. The van der Waals surface area contributed by atoms with Gasteiger partial charge in [-0.2, -0.15) is 0 Å². The first-order valence-electron chi connectivity index (χ1n) is 8.67. The molecule has 0 radical (unpaired) electrons. The first kappa shape index (κ1) is 18.0. The van der Waals surface area contributed by atoms with Crippen molar-refractivity contribution in [3.05, 3.63) is 53.9 Å². The Balaban J connectivity index is 1.58. The summed E-state index contributed by atoms with van der Waals surface area (Å²) in [6.45, 7) is 3.10. The van der Waals surface area contributed by atoms with Crippen LogP contribution in [0.3, 0.4) is 0 Å². The van der Waals surface area contributed by atoms with Crippen molar-refractivity contribution in [1.82, 2.24) is 14.3 Å². The SMILES string of the molecule is COc1ccc(S(=O)(=O)NCC2COCc3nc4cc(C)ccc4n32)cc1. The van der Waals surface area contributed by atoms with Crippen LogP contribution in [0.25, 0.3) is 11.0 Å². The molecule has 1 N–H and O–H groups in total. The van der Waals surface area contributed by atoms with E-state index in [1.54, 1.807) is 19.2 Å². The average molecular weight is 387 g/mol. The predicted octanol–water partition coefficient (Wildman–Crippen LogP) is 2.40. The Kier molecular flexibility index (Phi) is 4.63. The van der Waals surface area contributed by atoms with E-state index < -0.39 is 10.0 Å². The van der Waals surface area contributed by atoms with Crippen LogP contribution in [-0.4, -0.2) is 38.2 Å². The lowest BCUT2D eigenvalue weighted by molar-refractivity contribution is 0.0581. The van der Waals surface area contributed by atoms with Crippen LogP contribution in [0.15, 0.2) is 47.4 Å². The van der Waals surface area contributed by atoms with Gasteiger partial charge in [-0.3, -0.25) is 0 Å². The molecule has 0 saturated heterocycles. The minimum absolute atomic E-state index is 0.158. The molecule has 1 unspecified atom stereocenters. The molecule has 7 nitrogen and oxygen atoms in total. The van der Waals surface area contributed by atoms with Gasteiger partial charge in [0.05, 0.1) is 35.7 Å². The molecule has 0 amide bonds. The maximum Gasteiger partial charge on any atom is 0.240 e. The van der Waals surface area contributed by atoms with Crippen LogP contribution >= 0.6 is 0 Å². The molecular formula is C19H21N3O4S. The third-order valence-corrected chi connectivity index (χ3v) is 6.14. The maximum atomic E-state index is 12.6. The van der Waals surface area contributed by atoms with Gasteiger partial charge in [-0.25, -0.2) is 18.1 Å². The van der Waals surface area contributed by atoms with E-state index in [-0.39, 0.29) is 17.5 Å². The van der Waals surface area contributed by atoms with E-state index in [2.05, 4.69) is 14.3 Å². The van der Waals surface area contributed by atoms with E-state index in [0.717, 1.165) is 22.4 Å². The van der Waals surface area contributed by atoms with Crippen LogP contribution in [-0.2, 0) is 21.4 Å². The standard InChI is InChI=1S/C19H21N3O4S/c1-13-3-8-18-17(9-13)21-19-12-26-11-14(22(18)19)10-20-27(23,24)16-6-4-15(25-2)5-7-16/h3-9,14,20H,10-12H2,1-2H3. The van der Waals surface area contributed by atoms with E-state index in [9.17, 15) is 8.42 Å². The number of nitrogens with one attached hydrogen (secondary N) is 1. The highest BCUT2D eigenvalue weighted by molar-refractivity contribution is 7.89. The fourth-order valence-electron chi connectivity index (χ4n) is 3.32. The van der Waals surface area contributed by atoms with Crippen molar-refractivity contribution in [2.24, 2.45) is 0 Å². The molecule has 0 fully saturated rings. The van der Waals surface area contributed by atoms with Crippen molar-refractivity contribution in [2.75, 3.05) is 20.3 Å². The lowest BCUT2D eigenvalue weighted by atomic mass is 10.2. The molecule has 2 heterocycles. The summed E-state index contributed by atoms with van der Waals surface area (Å²) >= 11 is 0. The third kappa shape index (κ3) is 3.43. The van der Waals surface area contributed by atoms with Gasteiger partial charge in [0.2, 0.25) is 10.0 Å². The molecule has 3 aromatic rings. The normalized spacial score (nSPS) is 17.0. The first-order valence-corrected chi connectivity index (χ1v) is 10.2. The molecule has 0 saturated carbocycles. The number of fused-ring (bicyclic) bond motifs is 3. The van der Waals surface area contributed by atoms with Gasteiger partial charge in [-0.05, 0) is 48.9 Å². The molecular weight excluding hydrogens is 366 g/mol. The second kappa shape index (κ2) is 6.95. The Hall–Kier alpha value is -2.42. The molecule has 1 atom stereocenters. The van der Waals surface area contributed by atoms with E-state index in [1.165, 1.54) is 12.1 Å². The number of imidazole rings is 1. The number of benzene rings is 2. The van der Waals surface area contributed by atoms with Crippen LogP contribution in [0.2, 0.25) is 0 Å². The van der Waals surface area contributed by atoms with E-state index in [4.69, 9.17) is 9.47 Å². The summed E-state index contributed by atoms with van der Waals surface area (Å²) in [4.78, 5) is 4.83. The molecule has 2 aromatic carbocycles. The lowest BCUT2D eigenvalue weighted by Gasteiger charge is -2.26. The van der Waals surface area contributed by atoms with Crippen molar-refractivity contribution in [3.63, 3.8) is 0 Å². The number of aromatic nitrogens is 2. The minimum Gasteiger partial charge on any atom is -0.497 e. The second-order valence-electron chi connectivity index (χ2n) is 6.59. The van der Waals surface area contributed by atoms with Crippen LogP contribution in [0.4, 0.5) is 0 Å². The summed E-state index contributed by atoms with van der Waals surface area (Å²) in [6.07, 6.45) is 0. The molecule has 1 aromatic heterocycles. The van der Waals surface area contributed by atoms with Crippen LogP contribution in [0, 0.1) is 6.92 Å². The highest BCUT2D eigenvalue weighted by Gasteiger charge is 2.26. The Morgan fingerprint density at radius 2 is 2.04 bits per heavy atom. The quantitative estimate of drug-likeness (QED) is 0.727. The van der Waals surface area contributed by atoms with Gasteiger partial charge in [-0.15, -0.1) is 0 Å². The van der Waals surface area contributed by atoms with Gasteiger partial charge in [0.1, 0.15) is 18.2 Å². The Labute approximate surface area is 158 Å². The molecule has 8 heteroatoms. The number of methoxy groups -OCH3 is 1. The largest absolute Gasteiger partial charge is 0.497 e. The van der Waals surface area contributed by atoms with Gasteiger partial charge in [-0.1, -0.05) is 6.07 Å². The van der Waals surface area contributed by atoms with Crippen molar-refractivity contribution >= 4 is 21.1 Å². The van der Waals surface area contributed by atoms with Crippen molar-refractivity contribution in [3.8, 4) is 5.75 Å². The van der Waals surface area contributed by atoms with Crippen LogP contribution < -0.4 is 9.46 Å². The minimum atomic E-state index is -3.63. The molecule has 0 spiro atoms. The average Bonchev–Trinajstić information content (AvgIpc) is 3.04. The Morgan fingerprint density at radius 1 is 1.26 bits per heavy atom. The van der Waals surface area contributed by atoms with Crippen molar-refractivity contribution in [1.29, 1.82) is 0 Å². The number of rotatable bonds is 5. The number of ether oxygens (including phenoxy) is 2. The summed E-state index contributed by atoms with van der Waals surface area (Å²) in [5.74, 6) is 1.43.